The van der Waals surface area contributed by atoms with E-state index in [1.807, 2.05) is 48.5 Å². The van der Waals surface area contributed by atoms with Crippen LogP contribution in [0.25, 0.3) is 11.1 Å². The molecule has 0 atom stereocenters. The summed E-state index contributed by atoms with van der Waals surface area (Å²) in [7, 11) is 0. The second kappa shape index (κ2) is 10.7. The maximum absolute atomic E-state index is 10.9. The van der Waals surface area contributed by atoms with E-state index in [9.17, 15) is 10.1 Å². The minimum absolute atomic E-state index is 0.367. The third-order valence-corrected chi connectivity index (χ3v) is 3.93. The van der Waals surface area contributed by atoms with Gasteiger partial charge in [-0.2, -0.15) is 5.26 Å². The maximum atomic E-state index is 10.9. The van der Waals surface area contributed by atoms with Gasteiger partial charge in [-0.25, -0.2) is 4.79 Å². The zero-order valence-electron chi connectivity index (χ0n) is 14.8. The molecule has 0 heterocycles. The van der Waals surface area contributed by atoms with E-state index in [1.165, 1.54) is 6.08 Å². The maximum Gasteiger partial charge on any atom is 0.330 e. The quantitative estimate of drug-likeness (QED) is 0.348. The first-order chi connectivity index (χ1) is 12.7. The van der Waals surface area contributed by atoms with Crippen LogP contribution in [0, 0.1) is 11.3 Å². The first-order valence-corrected chi connectivity index (χ1v) is 8.76. The van der Waals surface area contributed by atoms with Crippen LogP contribution in [-0.2, 0) is 9.53 Å². The summed E-state index contributed by atoms with van der Waals surface area (Å²) in [5.74, 6) is 0.456. The zero-order valence-corrected chi connectivity index (χ0v) is 14.8. The second-order valence-electron chi connectivity index (χ2n) is 5.82. The molecule has 0 spiro atoms. The van der Waals surface area contributed by atoms with Crippen LogP contribution in [-0.4, -0.2) is 19.2 Å². The van der Waals surface area contributed by atoms with E-state index < -0.39 is 0 Å². The summed E-state index contributed by atoms with van der Waals surface area (Å²) in [4.78, 5) is 10.9. The normalized spacial score (nSPS) is 9.96. The summed E-state index contributed by atoms with van der Waals surface area (Å²) < 4.78 is 10.7. The van der Waals surface area contributed by atoms with Crippen LogP contribution in [0.1, 0.15) is 31.2 Å². The zero-order chi connectivity index (χ0) is 18.6. The molecule has 26 heavy (non-hydrogen) atoms. The average molecular weight is 349 g/mol. The Bertz CT molecular complexity index is 760. The third kappa shape index (κ3) is 6.10. The summed E-state index contributed by atoms with van der Waals surface area (Å²) in [5.41, 5.74) is 2.60. The molecule has 4 heteroatoms. The average Bonchev–Trinajstić information content (AvgIpc) is 2.70. The number of nitrogens with zero attached hydrogens (tertiary/aromatic N) is 1. The Kier molecular flexibility index (Phi) is 7.95. The fourth-order valence-electron chi connectivity index (χ4n) is 2.54. The smallest absolute Gasteiger partial charge is 0.330 e. The lowest BCUT2D eigenvalue weighted by Crippen LogP contribution is -2.02. The molecule has 0 aliphatic carbocycles. The van der Waals surface area contributed by atoms with Crippen molar-refractivity contribution in [1.29, 1.82) is 5.26 Å². The molecule has 0 saturated carbocycles. The number of ether oxygens (including phenoxy) is 2. The molecular weight excluding hydrogens is 326 g/mol. The largest absolute Gasteiger partial charge is 0.494 e. The number of carbonyl (C=O) groups is 1. The predicted molar refractivity (Wildman–Crippen MR) is 102 cm³/mol. The molecule has 0 bridgehead atoms. The Hall–Kier alpha value is -3.06. The molecule has 2 rings (SSSR count). The Morgan fingerprint density at radius 3 is 2.38 bits per heavy atom. The lowest BCUT2D eigenvalue weighted by molar-refractivity contribution is -0.137. The van der Waals surface area contributed by atoms with Crippen molar-refractivity contribution in [3.63, 3.8) is 0 Å². The Balaban J connectivity index is 1.69. The second-order valence-corrected chi connectivity index (χ2v) is 5.82. The monoisotopic (exact) mass is 349 g/mol. The molecule has 2 aromatic rings. The molecule has 4 nitrogen and oxygen atoms in total. The van der Waals surface area contributed by atoms with Crippen molar-refractivity contribution in [3.8, 4) is 22.9 Å². The van der Waals surface area contributed by atoms with Crippen molar-refractivity contribution >= 4 is 5.97 Å². The molecule has 0 fully saturated rings. The molecule has 0 saturated heterocycles. The molecule has 0 aromatic heterocycles. The summed E-state index contributed by atoms with van der Waals surface area (Å²) in [6, 6.07) is 17.6. The number of benzene rings is 2. The first-order valence-electron chi connectivity index (χ1n) is 8.76. The SMILES string of the molecule is C=CC(=O)OCCCCCCOc1ccc(-c2ccccc2C#N)cc1. The summed E-state index contributed by atoms with van der Waals surface area (Å²) in [6.07, 6.45) is 5.01. The third-order valence-electron chi connectivity index (χ3n) is 3.93. The predicted octanol–water partition coefficient (Wildman–Crippen LogP) is 4.89. The van der Waals surface area contributed by atoms with E-state index in [0.29, 0.717) is 18.8 Å². The van der Waals surface area contributed by atoms with Crippen LogP contribution in [0.3, 0.4) is 0 Å². The number of esters is 1. The van der Waals surface area contributed by atoms with E-state index in [2.05, 4.69) is 12.6 Å². The first kappa shape index (κ1) is 19.3. The van der Waals surface area contributed by atoms with Crippen molar-refractivity contribution in [3.05, 3.63) is 66.7 Å². The van der Waals surface area contributed by atoms with Gasteiger partial charge in [0.1, 0.15) is 5.75 Å². The highest BCUT2D eigenvalue weighted by Gasteiger charge is 2.04. The van der Waals surface area contributed by atoms with Crippen molar-refractivity contribution in [2.45, 2.75) is 25.7 Å². The Morgan fingerprint density at radius 2 is 1.69 bits per heavy atom. The van der Waals surface area contributed by atoms with Gasteiger partial charge in [-0.1, -0.05) is 36.9 Å². The molecule has 2 aromatic carbocycles. The van der Waals surface area contributed by atoms with Crippen LogP contribution >= 0.6 is 0 Å². The minimum Gasteiger partial charge on any atom is -0.494 e. The van der Waals surface area contributed by atoms with E-state index in [0.717, 1.165) is 42.6 Å². The van der Waals surface area contributed by atoms with Crippen LogP contribution in [0.5, 0.6) is 5.75 Å². The van der Waals surface area contributed by atoms with Gasteiger partial charge in [-0.3, -0.25) is 0 Å². The standard InChI is InChI=1S/C22H23NO3/c1-2-22(24)26-16-8-4-3-7-15-25-20-13-11-18(12-14-20)21-10-6-5-9-19(21)17-23/h2,5-6,9-14H,1,3-4,7-8,15-16H2. The molecule has 0 unspecified atom stereocenters. The summed E-state index contributed by atoms with van der Waals surface area (Å²) in [6.45, 7) is 4.45. The fourth-order valence-corrected chi connectivity index (χ4v) is 2.54. The fraction of sp³-hybridized carbons (Fsp3) is 0.273. The van der Waals surface area contributed by atoms with Crippen molar-refractivity contribution in [2.24, 2.45) is 0 Å². The van der Waals surface area contributed by atoms with Gasteiger partial charge in [0.25, 0.3) is 0 Å². The van der Waals surface area contributed by atoms with Crippen molar-refractivity contribution in [2.75, 3.05) is 13.2 Å². The Labute approximate surface area is 154 Å². The van der Waals surface area contributed by atoms with E-state index in [-0.39, 0.29) is 5.97 Å². The van der Waals surface area contributed by atoms with Gasteiger partial charge in [0.05, 0.1) is 24.8 Å². The lowest BCUT2D eigenvalue weighted by Gasteiger charge is -2.08. The van der Waals surface area contributed by atoms with Crippen LogP contribution in [0.15, 0.2) is 61.2 Å². The topological polar surface area (TPSA) is 59.3 Å². The van der Waals surface area contributed by atoms with Gasteiger partial charge in [-0.15, -0.1) is 0 Å². The highest BCUT2D eigenvalue weighted by atomic mass is 16.5. The van der Waals surface area contributed by atoms with Gasteiger partial charge in [-0.05, 0) is 55.0 Å². The molecule has 0 amide bonds. The van der Waals surface area contributed by atoms with Crippen molar-refractivity contribution in [1.82, 2.24) is 0 Å². The molecule has 0 radical (unpaired) electrons. The van der Waals surface area contributed by atoms with Gasteiger partial charge < -0.3 is 9.47 Å². The van der Waals surface area contributed by atoms with Crippen LogP contribution < -0.4 is 4.74 Å². The molecular formula is C22H23NO3. The number of rotatable bonds is 10. The highest BCUT2D eigenvalue weighted by Crippen LogP contribution is 2.25. The number of hydrogen-bond donors (Lipinski definition) is 0. The van der Waals surface area contributed by atoms with Crippen LogP contribution in [0.4, 0.5) is 0 Å². The van der Waals surface area contributed by atoms with E-state index in [1.54, 1.807) is 0 Å². The highest BCUT2D eigenvalue weighted by molar-refractivity contribution is 5.81. The number of nitriles is 1. The Morgan fingerprint density at radius 1 is 1.00 bits per heavy atom. The van der Waals surface area contributed by atoms with Gasteiger partial charge in [0, 0.05) is 6.08 Å². The van der Waals surface area contributed by atoms with E-state index in [4.69, 9.17) is 9.47 Å². The van der Waals surface area contributed by atoms with Crippen LogP contribution in [0.2, 0.25) is 0 Å². The van der Waals surface area contributed by atoms with Gasteiger partial charge in [0.2, 0.25) is 0 Å². The number of carbonyl (C=O) groups excluding carboxylic acids is 1. The molecule has 134 valence electrons. The van der Waals surface area contributed by atoms with Gasteiger partial charge in [0.15, 0.2) is 0 Å². The van der Waals surface area contributed by atoms with E-state index >= 15 is 0 Å². The number of hydrogen-bond acceptors (Lipinski definition) is 4. The minimum atomic E-state index is -0.367. The summed E-state index contributed by atoms with van der Waals surface area (Å²) >= 11 is 0. The van der Waals surface area contributed by atoms with Crippen molar-refractivity contribution < 1.29 is 14.3 Å². The molecule has 0 aliphatic rings. The summed E-state index contributed by atoms with van der Waals surface area (Å²) in [5, 5.41) is 9.19. The number of unbranched alkanes of at least 4 members (excludes halogenated alkanes) is 3. The lowest BCUT2D eigenvalue weighted by atomic mass is 10.0. The molecule has 0 aliphatic heterocycles. The molecule has 0 N–H and O–H groups in total. The van der Waals surface area contributed by atoms with Gasteiger partial charge >= 0.3 is 5.97 Å².